The topological polar surface area (TPSA) is 94.8 Å². The van der Waals surface area contributed by atoms with Gasteiger partial charge in [0.25, 0.3) is 0 Å². The van der Waals surface area contributed by atoms with E-state index >= 15 is 0 Å². The lowest BCUT2D eigenvalue weighted by Crippen LogP contribution is -1.94. The van der Waals surface area contributed by atoms with Gasteiger partial charge in [0.1, 0.15) is 0 Å². The Labute approximate surface area is 160 Å². The maximum absolute atomic E-state index is 10.2. The Balaban J connectivity index is 0. The van der Waals surface area contributed by atoms with E-state index in [0.717, 1.165) is 57.8 Å². The fraction of sp³-hybridized carbons (Fsp3) is 0.905. The molecule has 0 aromatic carbocycles. The van der Waals surface area contributed by atoms with Crippen molar-refractivity contribution in [2.24, 2.45) is 0 Å². The van der Waals surface area contributed by atoms with Crippen molar-refractivity contribution in [2.45, 2.75) is 116 Å². The number of carbonyl (C=O) groups is 2. The van der Waals surface area contributed by atoms with E-state index in [-0.39, 0.29) is 12.8 Å². The Morgan fingerprint density at radius 1 is 0.538 bits per heavy atom. The van der Waals surface area contributed by atoms with Crippen molar-refractivity contribution in [1.29, 1.82) is 0 Å². The average molecular weight is 375 g/mol. The van der Waals surface area contributed by atoms with Gasteiger partial charge in [-0.25, -0.2) is 0 Å². The first-order valence-corrected chi connectivity index (χ1v) is 10.6. The second kappa shape index (κ2) is 23.9. The average Bonchev–Trinajstić information content (AvgIpc) is 2.60. The number of aliphatic carboxylic acids is 2. The molecule has 0 aromatic heterocycles. The molecule has 0 aliphatic heterocycles. The predicted molar refractivity (Wildman–Crippen MR) is 107 cm³/mol. The standard InChI is InChI=1S/C12H22O4.C9H20O/c13-11(14)9-7-5-3-1-2-4-6-8-10-12(15)16;1-2-3-4-5-6-7-8-9-10/h1-10H2,(H,13,14)(H,15,16);10H,2-9H2,1H3. The monoisotopic (exact) mass is 374 g/mol. The predicted octanol–water partition coefficient (Wildman–Crippen LogP) is 5.79. The van der Waals surface area contributed by atoms with Gasteiger partial charge in [-0.15, -0.1) is 0 Å². The van der Waals surface area contributed by atoms with Crippen molar-refractivity contribution in [3.8, 4) is 0 Å². The highest BCUT2D eigenvalue weighted by molar-refractivity contribution is 5.66. The van der Waals surface area contributed by atoms with Crippen molar-refractivity contribution < 1.29 is 24.9 Å². The second-order valence-corrected chi connectivity index (χ2v) is 6.96. The highest BCUT2D eigenvalue weighted by Crippen LogP contribution is 2.10. The van der Waals surface area contributed by atoms with Gasteiger partial charge in [0.05, 0.1) is 0 Å². The van der Waals surface area contributed by atoms with Crippen LogP contribution in [0.5, 0.6) is 0 Å². The van der Waals surface area contributed by atoms with Gasteiger partial charge in [0.15, 0.2) is 0 Å². The van der Waals surface area contributed by atoms with Gasteiger partial charge in [0.2, 0.25) is 0 Å². The van der Waals surface area contributed by atoms with Crippen molar-refractivity contribution in [3.63, 3.8) is 0 Å². The van der Waals surface area contributed by atoms with E-state index < -0.39 is 11.9 Å². The molecule has 0 fully saturated rings. The quantitative estimate of drug-likeness (QED) is 0.264. The zero-order valence-electron chi connectivity index (χ0n) is 16.9. The molecule has 3 N–H and O–H groups in total. The van der Waals surface area contributed by atoms with Crippen LogP contribution in [0.1, 0.15) is 116 Å². The van der Waals surface area contributed by atoms with E-state index in [4.69, 9.17) is 15.3 Å². The Kier molecular flexibility index (Phi) is 24.9. The van der Waals surface area contributed by atoms with Gasteiger partial charge in [0, 0.05) is 19.4 Å². The molecule has 0 unspecified atom stereocenters. The van der Waals surface area contributed by atoms with Crippen molar-refractivity contribution in [2.75, 3.05) is 6.61 Å². The molecule has 0 radical (unpaired) electrons. The van der Waals surface area contributed by atoms with Crippen LogP contribution in [0.25, 0.3) is 0 Å². The molecule has 5 nitrogen and oxygen atoms in total. The Bertz CT molecular complexity index is 275. The number of carboxylic acid groups (broad SMARTS) is 2. The van der Waals surface area contributed by atoms with Crippen LogP contribution < -0.4 is 0 Å². The molecule has 0 aliphatic carbocycles. The lowest BCUT2D eigenvalue weighted by atomic mass is 10.1. The molecule has 0 atom stereocenters. The zero-order chi connectivity index (χ0) is 19.9. The minimum absolute atomic E-state index is 0.276. The summed E-state index contributed by atoms with van der Waals surface area (Å²) in [5.41, 5.74) is 0. The van der Waals surface area contributed by atoms with E-state index in [1.807, 2.05) is 0 Å². The summed E-state index contributed by atoms with van der Waals surface area (Å²) in [6, 6.07) is 0. The third kappa shape index (κ3) is 30.7. The molecule has 5 heteroatoms. The number of unbranched alkanes of at least 4 members (excludes halogenated alkanes) is 13. The molecule has 0 heterocycles. The summed E-state index contributed by atoms with van der Waals surface area (Å²) in [5, 5.41) is 25.3. The molecule has 26 heavy (non-hydrogen) atoms. The van der Waals surface area contributed by atoms with Gasteiger partial charge in [-0.1, -0.05) is 84.0 Å². The Hall–Kier alpha value is -1.10. The van der Waals surface area contributed by atoms with E-state index in [1.54, 1.807) is 0 Å². The fourth-order valence-electron chi connectivity index (χ4n) is 2.68. The number of hydrogen-bond acceptors (Lipinski definition) is 3. The number of aliphatic hydroxyl groups excluding tert-OH is 1. The van der Waals surface area contributed by atoms with E-state index in [2.05, 4.69) is 6.92 Å². The summed E-state index contributed by atoms with van der Waals surface area (Å²) in [6.45, 7) is 2.60. The van der Waals surface area contributed by atoms with Gasteiger partial charge >= 0.3 is 11.9 Å². The van der Waals surface area contributed by atoms with Crippen LogP contribution >= 0.6 is 0 Å². The normalized spacial score (nSPS) is 10.2. The lowest BCUT2D eigenvalue weighted by Gasteiger charge is -2.00. The molecule has 156 valence electrons. The molecule has 0 saturated carbocycles. The first-order chi connectivity index (χ1) is 12.5. The summed E-state index contributed by atoms with van der Waals surface area (Å²) in [4.78, 5) is 20.4. The Morgan fingerprint density at radius 2 is 0.846 bits per heavy atom. The molecular weight excluding hydrogens is 332 g/mol. The van der Waals surface area contributed by atoms with Crippen LogP contribution in [0, 0.1) is 0 Å². The molecule has 0 aliphatic rings. The molecular formula is C21H42O5. The van der Waals surface area contributed by atoms with E-state index in [0.29, 0.717) is 6.61 Å². The number of aliphatic hydroxyl groups is 1. The van der Waals surface area contributed by atoms with E-state index in [9.17, 15) is 9.59 Å². The fourth-order valence-corrected chi connectivity index (χ4v) is 2.68. The zero-order valence-corrected chi connectivity index (χ0v) is 16.9. The summed E-state index contributed by atoms with van der Waals surface area (Å²) >= 11 is 0. The molecule has 0 amide bonds. The van der Waals surface area contributed by atoms with Crippen LogP contribution in [-0.4, -0.2) is 33.9 Å². The van der Waals surface area contributed by atoms with E-state index in [1.165, 1.54) is 38.5 Å². The highest BCUT2D eigenvalue weighted by Gasteiger charge is 1.98. The SMILES string of the molecule is CCCCCCCCCO.O=C(O)CCCCCCCCCCC(=O)O. The molecule has 0 saturated heterocycles. The summed E-state index contributed by atoms with van der Waals surface area (Å²) < 4.78 is 0. The number of rotatable bonds is 18. The van der Waals surface area contributed by atoms with Crippen LogP contribution in [0.4, 0.5) is 0 Å². The van der Waals surface area contributed by atoms with Crippen molar-refractivity contribution >= 4 is 11.9 Å². The largest absolute Gasteiger partial charge is 0.481 e. The maximum atomic E-state index is 10.2. The minimum atomic E-state index is -0.714. The van der Waals surface area contributed by atoms with Gasteiger partial charge in [-0.3, -0.25) is 9.59 Å². The van der Waals surface area contributed by atoms with Crippen LogP contribution in [0.2, 0.25) is 0 Å². The molecule has 0 spiro atoms. The first-order valence-electron chi connectivity index (χ1n) is 10.6. The summed E-state index contributed by atoms with van der Waals surface area (Å²) in [5.74, 6) is -1.43. The molecule has 0 aromatic rings. The maximum Gasteiger partial charge on any atom is 0.303 e. The van der Waals surface area contributed by atoms with Gasteiger partial charge in [-0.2, -0.15) is 0 Å². The second-order valence-electron chi connectivity index (χ2n) is 6.96. The third-order valence-electron chi connectivity index (χ3n) is 4.29. The summed E-state index contributed by atoms with van der Waals surface area (Å²) in [6.07, 6.45) is 17.4. The summed E-state index contributed by atoms with van der Waals surface area (Å²) in [7, 11) is 0. The molecule has 0 bridgehead atoms. The first kappa shape index (κ1) is 27.1. The molecule has 0 rings (SSSR count). The third-order valence-corrected chi connectivity index (χ3v) is 4.29. The van der Waals surface area contributed by atoms with Gasteiger partial charge in [-0.05, 0) is 19.3 Å². The smallest absolute Gasteiger partial charge is 0.303 e. The Morgan fingerprint density at radius 3 is 1.15 bits per heavy atom. The van der Waals surface area contributed by atoms with Crippen molar-refractivity contribution in [1.82, 2.24) is 0 Å². The highest BCUT2D eigenvalue weighted by atomic mass is 16.4. The van der Waals surface area contributed by atoms with Crippen LogP contribution in [0.3, 0.4) is 0 Å². The lowest BCUT2D eigenvalue weighted by molar-refractivity contribution is -0.138. The number of carboxylic acids is 2. The van der Waals surface area contributed by atoms with Gasteiger partial charge < -0.3 is 15.3 Å². The van der Waals surface area contributed by atoms with Crippen molar-refractivity contribution in [3.05, 3.63) is 0 Å². The minimum Gasteiger partial charge on any atom is -0.481 e. The van der Waals surface area contributed by atoms with Crippen LogP contribution in [-0.2, 0) is 9.59 Å². The number of hydrogen-bond donors (Lipinski definition) is 3. The van der Waals surface area contributed by atoms with Crippen LogP contribution in [0.15, 0.2) is 0 Å².